The Hall–Kier alpha value is -1.98. The zero-order valence-corrected chi connectivity index (χ0v) is 12.1. The van der Waals surface area contributed by atoms with E-state index < -0.39 is 5.97 Å². The number of carboxylic acids is 1. The minimum absolute atomic E-state index is 0.0576. The number of rotatable bonds is 7. The van der Waals surface area contributed by atoms with Crippen molar-refractivity contribution in [3.05, 3.63) is 23.8 Å². The molecule has 0 radical (unpaired) electrons. The van der Waals surface area contributed by atoms with Gasteiger partial charge in [0.05, 0.1) is 12.4 Å². The predicted molar refractivity (Wildman–Crippen MR) is 74.6 cm³/mol. The van der Waals surface area contributed by atoms with Crippen LogP contribution in [-0.2, 0) is 0 Å². The molecule has 1 aromatic heterocycles. The third kappa shape index (κ3) is 5.34. The Balaban J connectivity index is 2.47. The molecule has 6 heteroatoms. The zero-order chi connectivity index (χ0) is 15.1. The number of aromatic carboxylic acids is 1. The van der Waals surface area contributed by atoms with E-state index in [9.17, 15) is 9.59 Å². The molecule has 20 heavy (non-hydrogen) atoms. The second-order valence-electron chi connectivity index (χ2n) is 5.29. The van der Waals surface area contributed by atoms with Gasteiger partial charge in [0.2, 0.25) is 0 Å². The van der Waals surface area contributed by atoms with Crippen LogP contribution in [0.25, 0.3) is 0 Å². The number of hydrogen-bond acceptors (Lipinski definition) is 4. The lowest BCUT2D eigenvalue weighted by atomic mass is 10.0. The van der Waals surface area contributed by atoms with E-state index >= 15 is 0 Å². The predicted octanol–water partition coefficient (Wildman–Crippen LogP) is 2.12. The van der Waals surface area contributed by atoms with E-state index in [4.69, 9.17) is 5.11 Å². The molecule has 1 heterocycles. The maximum absolute atomic E-state index is 11.9. The van der Waals surface area contributed by atoms with Gasteiger partial charge in [-0.05, 0) is 19.3 Å². The summed E-state index contributed by atoms with van der Waals surface area (Å²) in [7, 11) is 0. The molecule has 0 aliphatic heterocycles. The van der Waals surface area contributed by atoms with Crippen LogP contribution in [0.2, 0.25) is 0 Å². The quantitative estimate of drug-likeness (QED) is 0.797. The molecule has 0 bridgehead atoms. The number of nitrogens with one attached hydrogen (secondary N) is 1. The van der Waals surface area contributed by atoms with Crippen molar-refractivity contribution in [2.45, 2.75) is 46.1 Å². The van der Waals surface area contributed by atoms with E-state index in [1.54, 1.807) is 0 Å². The van der Waals surface area contributed by atoms with Crippen LogP contribution < -0.4 is 5.32 Å². The molecule has 0 aliphatic rings. The molecule has 1 atom stereocenters. The van der Waals surface area contributed by atoms with E-state index in [1.807, 2.05) is 6.92 Å². The van der Waals surface area contributed by atoms with Crippen LogP contribution in [0.1, 0.15) is 61.0 Å². The second kappa shape index (κ2) is 7.57. The highest BCUT2D eigenvalue weighted by molar-refractivity contribution is 5.92. The Bertz CT molecular complexity index is 457. The third-order valence-corrected chi connectivity index (χ3v) is 2.90. The molecule has 1 unspecified atom stereocenters. The first kappa shape index (κ1) is 16.1. The average molecular weight is 279 g/mol. The summed E-state index contributed by atoms with van der Waals surface area (Å²) in [6.07, 6.45) is 5.36. The molecule has 1 rings (SSSR count). The Morgan fingerprint density at radius 2 is 1.75 bits per heavy atom. The van der Waals surface area contributed by atoms with Crippen LogP contribution >= 0.6 is 0 Å². The fraction of sp³-hybridized carbons (Fsp3) is 0.571. The Labute approximate surface area is 118 Å². The van der Waals surface area contributed by atoms with Gasteiger partial charge in [-0.2, -0.15) is 0 Å². The first-order chi connectivity index (χ1) is 9.40. The van der Waals surface area contributed by atoms with Crippen molar-refractivity contribution in [2.24, 2.45) is 5.92 Å². The van der Waals surface area contributed by atoms with E-state index in [1.165, 1.54) is 6.20 Å². The van der Waals surface area contributed by atoms with Crippen molar-refractivity contribution in [1.29, 1.82) is 0 Å². The summed E-state index contributed by atoms with van der Waals surface area (Å²) in [5.41, 5.74) is -0.0442. The lowest BCUT2D eigenvalue weighted by Gasteiger charge is -2.14. The maximum Gasteiger partial charge on any atom is 0.356 e. The minimum atomic E-state index is -1.16. The van der Waals surface area contributed by atoms with Crippen LogP contribution in [-0.4, -0.2) is 33.0 Å². The molecule has 2 N–H and O–H groups in total. The Kier molecular flexibility index (Phi) is 6.09. The molecule has 0 aromatic carbocycles. The van der Waals surface area contributed by atoms with E-state index in [-0.39, 0.29) is 23.3 Å². The summed E-state index contributed by atoms with van der Waals surface area (Å²) in [5, 5.41) is 11.5. The number of hydrogen-bond donors (Lipinski definition) is 2. The van der Waals surface area contributed by atoms with Crippen LogP contribution in [0.5, 0.6) is 0 Å². The number of carboxylic acid groups (broad SMARTS) is 1. The van der Waals surface area contributed by atoms with Gasteiger partial charge in [-0.1, -0.05) is 26.7 Å². The highest BCUT2D eigenvalue weighted by atomic mass is 16.4. The SMILES string of the molecule is CC(C)CCCC(C)NC(=O)c1cnc(C(=O)O)cn1. The summed E-state index contributed by atoms with van der Waals surface area (Å²) in [5.74, 6) is -0.828. The molecule has 0 saturated heterocycles. The first-order valence-electron chi connectivity index (χ1n) is 6.76. The summed E-state index contributed by atoms with van der Waals surface area (Å²) in [6, 6.07) is 0.0576. The number of carbonyl (C=O) groups excluding carboxylic acids is 1. The van der Waals surface area contributed by atoms with Gasteiger partial charge in [0.1, 0.15) is 5.69 Å². The average Bonchev–Trinajstić information content (AvgIpc) is 2.38. The van der Waals surface area contributed by atoms with Crippen LogP contribution in [0.15, 0.2) is 12.4 Å². The standard InChI is InChI=1S/C14H21N3O3/c1-9(2)5-4-6-10(3)17-13(18)11-7-16-12(8-15-11)14(19)20/h7-10H,4-6H2,1-3H3,(H,17,18)(H,19,20). The highest BCUT2D eigenvalue weighted by Crippen LogP contribution is 2.08. The van der Waals surface area contributed by atoms with Crippen LogP contribution in [0.4, 0.5) is 0 Å². The van der Waals surface area contributed by atoms with Crippen molar-refractivity contribution in [1.82, 2.24) is 15.3 Å². The fourth-order valence-corrected chi connectivity index (χ4v) is 1.76. The lowest BCUT2D eigenvalue weighted by Crippen LogP contribution is -2.33. The molecule has 6 nitrogen and oxygen atoms in total. The van der Waals surface area contributed by atoms with Gasteiger partial charge in [-0.15, -0.1) is 0 Å². The fourth-order valence-electron chi connectivity index (χ4n) is 1.76. The van der Waals surface area contributed by atoms with Crippen LogP contribution in [0, 0.1) is 5.92 Å². The van der Waals surface area contributed by atoms with Gasteiger partial charge in [0.25, 0.3) is 5.91 Å². The maximum atomic E-state index is 11.9. The van der Waals surface area contributed by atoms with Gasteiger partial charge in [-0.3, -0.25) is 4.79 Å². The van der Waals surface area contributed by atoms with Crippen molar-refractivity contribution in [3.8, 4) is 0 Å². The Morgan fingerprint density at radius 3 is 2.25 bits per heavy atom. The monoisotopic (exact) mass is 279 g/mol. The van der Waals surface area contributed by atoms with Gasteiger partial charge in [0, 0.05) is 6.04 Å². The summed E-state index contributed by atoms with van der Waals surface area (Å²) >= 11 is 0. The molecule has 1 amide bonds. The first-order valence-corrected chi connectivity index (χ1v) is 6.76. The van der Waals surface area contributed by atoms with Crippen molar-refractivity contribution < 1.29 is 14.7 Å². The number of aromatic nitrogens is 2. The Morgan fingerprint density at radius 1 is 1.15 bits per heavy atom. The smallest absolute Gasteiger partial charge is 0.356 e. The van der Waals surface area contributed by atoms with E-state index in [0.717, 1.165) is 25.5 Å². The minimum Gasteiger partial charge on any atom is -0.476 e. The van der Waals surface area contributed by atoms with Crippen molar-refractivity contribution >= 4 is 11.9 Å². The van der Waals surface area contributed by atoms with Gasteiger partial charge in [-0.25, -0.2) is 14.8 Å². The largest absolute Gasteiger partial charge is 0.476 e. The number of carbonyl (C=O) groups is 2. The second-order valence-corrected chi connectivity index (χ2v) is 5.29. The van der Waals surface area contributed by atoms with Gasteiger partial charge in [0.15, 0.2) is 5.69 Å². The number of amides is 1. The molecule has 1 aromatic rings. The van der Waals surface area contributed by atoms with E-state index in [2.05, 4.69) is 29.1 Å². The lowest BCUT2D eigenvalue weighted by molar-refractivity contribution is 0.0689. The molecule has 0 saturated carbocycles. The van der Waals surface area contributed by atoms with Crippen LogP contribution in [0.3, 0.4) is 0 Å². The highest BCUT2D eigenvalue weighted by Gasteiger charge is 2.13. The molecule has 110 valence electrons. The third-order valence-electron chi connectivity index (χ3n) is 2.90. The topological polar surface area (TPSA) is 92.2 Å². The summed E-state index contributed by atoms with van der Waals surface area (Å²) in [4.78, 5) is 30.0. The van der Waals surface area contributed by atoms with E-state index in [0.29, 0.717) is 5.92 Å². The summed E-state index contributed by atoms with van der Waals surface area (Å²) < 4.78 is 0. The molecule has 0 aliphatic carbocycles. The molecular weight excluding hydrogens is 258 g/mol. The van der Waals surface area contributed by atoms with Crippen molar-refractivity contribution in [3.63, 3.8) is 0 Å². The van der Waals surface area contributed by atoms with Crippen molar-refractivity contribution in [2.75, 3.05) is 0 Å². The molecule has 0 fully saturated rings. The zero-order valence-electron chi connectivity index (χ0n) is 12.1. The molecule has 0 spiro atoms. The normalized spacial score (nSPS) is 12.2. The molecular formula is C14H21N3O3. The number of nitrogens with zero attached hydrogens (tertiary/aromatic N) is 2. The van der Waals surface area contributed by atoms with Gasteiger partial charge < -0.3 is 10.4 Å². The van der Waals surface area contributed by atoms with Gasteiger partial charge >= 0.3 is 5.97 Å². The summed E-state index contributed by atoms with van der Waals surface area (Å²) in [6.45, 7) is 6.28.